The van der Waals surface area contributed by atoms with Gasteiger partial charge in [0.25, 0.3) is 0 Å². The Morgan fingerprint density at radius 2 is 1.77 bits per heavy atom. The molecule has 0 saturated heterocycles. The molecule has 3 rings (SSSR count). The second-order valence-corrected chi connectivity index (χ2v) is 7.20. The highest BCUT2D eigenvalue weighted by Crippen LogP contribution is 2.22. The average Bonchev–Trinajstić information content (AvgIpc) is 3.12. The molecule has 9 heteroatoms. The van der Waals surface area contributed by atoms with Crippen molar-refractivity contribution in [3.05, 3.63) is 60.2 Å². The highest BCUT2D eigenvalue weighted by Gasteiger charge is 2.22. The van der Waals surface area contributed by atoms with Gasteiger partial charge in [0.05, 0.1) is 18.0 Å². The minimum atomic E-state index is -3.85. The van der Waals surface area contributed by atoms with Gasteiger partial charge in [0.2, 0.25) is 21.7 Å². The van der Waals surface area contributed by atoms with Crippen LogP contribution in [0.1, 0.15) is 18.9 Å². The number of benzene rings is 2. The van der Waals surface area contributed by atoms with E-state index in [-0.39, 0.29) is 10.8 Å². The molecular formula is C17H16FN3O4S. The van der Waals surface area contributed by atoms with Crippen LogP contribution in [0.4, 0.5) is 4.39 Å². The third kappa shape index (κ3) is 3.89. The van der Waals surface area contributed by atoms with Crippen molar-refractivity contribution in [2.45, 2.75) is 17.9 Å². The summed E-state index contributed by atoms with van der Waals surface area (Å²) in [5.41, 5.74) is 0.703. The molecule has 2 aromatic carbocycles. The minimum Gasteiger partial charge on any atom is -0.497 e. The van der Waals surface area contributed by atoms with Gasteiger partial charge in [-0.05, 0) is 55.5 Å². The van der Waals surface area contributed by atoms with E-state index >= 15 is 0 Å². The summed E-state index contributed by atoms with van der Waals surface area (Å²) >= 11 is 0. The first-order valence-electron chi connectivity index (χ1n) is 7.65. The summed E-state index contributed by atoms with van der Waals surface area (Å²) in [5, 5.41) is 3.87. The van der Waals surface area contributed by atoms with Crippen molar-refractivity contribution in [2.24, 2.45) is 0 Å². The third-order valence-corrected chi connectivity index (χ3v) is 5.17. The molecule has 0 amide bonds. The molecule has 1 aromatic heterocycles. The fraction of sp³-hybridized carbons (Fsp3) is 0.176. The van der Waals surface area contributed by atoms with Gasteiger partial charge < -0.3 is 9.26 Å². The van der Waals surface area contributed by atoms with Crippen molar-refractivity contribution in [2.75, 3.05) is 7.11 Å². The second kappa shape index (κ2) is 7.22. The second-order valence-electron chi connectivity index (χ2n) is 5.48. The van der Waals surface area contributed by atoms with Crippen LogP contribution >= 0.6 is 0 Å². The Hall–Kier alpha value is -2.78. The van der Waals surface area contributed by atoms with Crippen LogP contribution in [0, 0.1) is 5.82 Å². The van der Waals surface area contributed by atoms with Crippen LogP contribution in [0.2, 0.25) is 0 Å². The van der Waals surface area contributed by atoms with Gasteiger partial charge in [-0.25, -0.2) is 12.8 Å². The SMILES string of the molecule is COc1ccc(-c2noc([C@H](C)NS(=O)(=O)c3ccc(F)cc3)n2)cc1. The molecule has 0 unspecified atom stereocenters. The monoisotopic (exact) mass is 377 g/mol. The predicted molar refractivity (Wildman–Crippen MR) is 91.4 cm³/mol. The summed E-state index contributed by atoms with van der Waals surface area (Å²) in [6.45, 7) is 1.58. The van der Waals surface area contributed by atoms with Gasteiger partial charge >= 0.3 is 0 Å². The smallest absolute Gasteiger partial charge is 0.244 e. The normalized spacial score (nSPS) is 12.7. The van der Waals surface area contributed by atoms with Crippen LogP contribution in [0.3, 0.4) is 0 Å². The molecule has 3 aromatic rings. The maximum atomic E-state index is 13.0. The zero-order chi connectivity index (χ0) is 18.7. The van der Waals surface area contributed by atoms with E-state index in [2.05, 4.69) is 14.9 Å². The van der Waals surface area contributed by atoms with Crippen LogP contribution < -0.4 is 9.46 Å². The molecule has 0 aliphatic rings. The molecular weight excluding hydrogens is 361 g/mol. The first kappa shape index (κ1) is 18.0. The number of ether oxygens (including phenoxy) is 1. The highest BCUT2D eigenvalue weighted by atomic mass is 32.2. The largest absolute Gasteiger partial charge is 0.497 e. The molecule has 0 aliphatic carbocycles. The molecule has 0 fully saturated rings. The van der Waals surface area contributed by atoms with E-state index in [0.29, 0.717) is 17.1 Å². The van der Waals surface area contributed by atoms with Crippen molar-refractivity contribution in [3.8, 4) is 17.1 Å². The van der Waals surface area contributed by atoms with Crippen LogP contribution in [0.5, 0.6) is 5.75 Å². The molecule has 1 N–H and O–H groups in total. The Bertz CT molecular complexity index is 986. The fourth-order valence-corrected chi connectivity index (χ4v) is 3.43. The molecule has 0 spiro atoms. The van der Waals surface area contributed by atoms with E-state index in [1.165, 1.54) is 12.1 Å². The fourth-order valence-electron chi connectivity index (χ4n) is 2.23. The predicted octanol–water partition coefficient (Wildman–Crippen LogP) is 2.92. The number of methoxy groups -OCH3 is 1. The Balaban J connectivity index is 1.77. The van der Waals surface area contributed by atoms with Gasteiger partial charge in [-0.2, -0.15) is 9.71 Å². The number of aromatic nitrogens is 2. The number of halogens is 1. The molecule has 1 heterocycles. The number of nitrogens with zero attached hydrogens (tertiary/aromatic N) is 2. The lowest BCUT2D eigenvalue weighted by molar-refractivity contribution is 0.354. The molecule has 0 bridgehead atoms. The van der Waals surface area contributed by atoms with Gasteiger partial charge in [-0.3, -0.25) is 0 Å². The molecule has 0 aliphatic heterocycles. The molecule has 0 radical (unpaired) electrons. The van der Waals surface area contributed by atoms with E-state index in [9.17, 15) is 12.8 Å². The quantitative estimate of drug-likeness (QED) is 0.710. The highest BCUT2D eigenvalue weighted by molar-refractivity contribution is 7.89. The van der Waals surface area contributed by atoms with Gasteiger partial charge in [0.1, 0.15) is 11.6 Å². The van der Waals surface area contributed by atoms with Crippen LogP contribution in [-0.4, -0.2) is 25.7 Å². The average molecular weight is 377 g/mol. The van der Waals surface area contributed by atoms with Gasteiger partial charge in [0, 0.05) is 5.56 Å². The van der Waals surface area contributed by atoms with E-state index in [1.807, 2.05) is 0 Å². The maximum absolute atomic E-state index is 13.0. The van der Waals surface area contributed by atoms with Crippen molar-refractivity contribution < 1.29 is 22.1 Å². The maximum Gasteiger partial charge on any atom is 0.244 e. The standard InChI is InChI=1S/C17H16FN3O4S/c1-11(21-26(22,23)15-9-5-13(18)6-10-15)17-19-16(20-25-17)12-3-7-14(24-2)8-4-12/h3-11,21H,1-2H3/t11-/m0/s1. The van der Waals surface area contributed by atoms with E-state index in [0.717, 1.165) is 12.1 Å². The van der Waals surface area contributed by atoms with Crippen LogP contribution in [-0.2, 0) is 10.0 Å². The molecule has 0 saturated carbocycles. The summed E-state index contributed by atoms with van der Waals surface area (Å²) < 4.78 is 50.3. The summed E-state index contributed by atoms with van der Waals surface area (Å²) in [5.74, 6) is 0.618. The topological polar surface area (TPSA) is 94.3 Å². The number of hydrogen-bond acceptors (Lipinski definition) is 6. The van der Waals surface area contributed by atoms with Crippen molar-refractivity contribution in [3.63, 3.8) is 0 Å². The number of sulfonamides is 1. The zero-order valence-electron chi connectivity index (χ0n) is 14.0. The Kier molecular flexibility index (Phi) is 5.01. The number of hydrogen-bond donors (Lipinski definition) is 1. The zero-order valence-corrected chi connectivity index (χ0v) is 14.8. The van der Waals surface area contributed by atoms with Crippen molar-refractivity contribution >= 4 is 10.0 Å². The van der Waals surface area contributed by atoms with Crippen molar-refractivity contribution in [1.82, 2.24) is 14.9 Å². The summed E-state index contributed by atoms with van der Waals surface area (Å²) in [6.07, 6.45) is 0. The lowest BCUT2D eigenvalue weighted by atomic mass is 10.2. The van der Waals surface area contributed by atoms with Crippen LogP contribution in [0.25, 0.3) is 11.4 Å². The first-order valence-corrected chi connectivity index (χ1v) is 9.13. The Labute approximate surface area is 149 Å². The van der Waals surface area contributed by atoms with Crippen LogP contribution in [0.15, 0.2) is 57.9 Å². The summed E-state index contributed by atoms with van der Waals surface area (Å²) in [7, 11) is -2.28. The van der Waals surface area contributed by atoms with Gasteiger partial charge in [-0.15, -0.1) is 0 Å². The molecule has 1 atom stereocenters. The van der Waals surface area contributed by atoms with Gasteiger partial charge in [0.15, 0.2) is 0 Å². The van der Waals surface area contributed by atoms with E-state index < -0.39 is 21.9 Å². The summed E-state index contributed by atoms with van der Waals surface area (Å²) in [4.78, 5) is 4.17. The first-order chi connectivity index (χ1) is 12.4. The lowest BCUT2D eigenvalue weighted by Gasteiger charge is -2.10. The minimum absolute atomic E-state index is 0.0550. The number of nitrogens with one attached hydrogen (secondary N) is 1. The molecule has 7 nitrogen and oxygen atoms in total. The molecule has 26 heavy (non-hydrogen) atoms. The summed E-state index contributed by atoms with van der Waals surface area (Å²) in [6, 6.07) is 10.8. The molecule has 136 valence electrons. The Morgan fingerprint density at radius 1 is 1.12 bits per heavy atom. The van der Waals surface area contributed by atoms with E-state index in [4.69, 9.17) is 9.26 Å². The third-order valence-electron chi connectivity index (χ3n) is 3.62. The van der Waals surface area contributed by atoms with Crippen molar-refractivity contribution in [1.29, 1.82) is 0 Å². The number of rotatable bonds is 6. The lowest BCUT2D eigenvalue weighted by Crippen LogP contribution is -2.27. The van der Waals surface area contributed by atoms with E-state index in [1.54, 1.807) is 38.3 Å². The Morgan fingerprint density at radius 3 is 2.38 bits per heavy atom. The van der Waals surface area contributed by atoms with Gasteiger partial charge in [-0.1, -0.05) is 5.16 Å².